The average molecular weight is 296 g/mol. The van der Waals surface area contributed by atoms with Crippen molar-refractivity contribution in [2.45, 2.75) is 25.3 Å². The summed E-state index contributed by atoms with van der Waals surface area (Å²) in [5.74, 6) is 0.834. The van der Waals surface area contributed by atoms with Crippen LogP contribution in [-0.2, 0) is 4.79 Å². The molecule has 2 heterocycles. The molecular formula is C17H20N4O. The van der Waals surface area contributed by atoms with Gasteiger partial charge in [-0.1, -0.05) is 18.7 Å². The van der Waals surface area contributed by atoms with Gasteiger partial charge in [0, 0.05) is 24.5 Å². The lowest BCUT2D eigenvalue weighted by Crippen LogP contribution is -2.47. The van der Waals surface area contributed by atoms with Crippen LogP contribution >= 0.6 is 0 Å². The Kier molecular flexibility index (Phi) is 4.32. The Bertz CT molecular complexity index is 680. The fourth-order valence-corrected chi connectivity index (χ4v) is 3.00. The number of hydrogen-bond acceptors (Lipinski definition) is 4. The molecule has 1 aliphatic heterocycles. The SMILES string of the molecule is C=CC(=O)NCC1CCCCN1c1ncnc2ccccc12. The minimum atomic E-state index is -0.127. The second kappa shape index (κ2) is 6.56. The summed E-state index contributed by atoms with van der Waals surface area (Å²) in [6.45, 7) is 5.06. The van der Waals surface area contributed by atoms with Crippen molar-refractivity contribution in [3.63, 3.8) is 0 Å². The number of para-hydroxylation sites is 1. The first-order valence-electron chi connectivity index (χ1n) is 7.66. The highest BCUT2D eigenvalue weighted by Crippen LogP contribution is 2.28. The zero-order valence-electron chi connectivity index (χ0n) is 12.5. The third kappa shape index (κ3) is 2.93. The van der Waals surface area contributed by atoms with Gasteiger partial charge in [0.1, 0.15) is 12.1 Å². The van der Waals surface area contributed by atoms with Crippen LogP contribution < -0.4 is 10.2 Å². The molecular weight excluding hydrogens is 276 g/mol. The first-order valence-corrected chi connectivity index (χ1v) is 7.66. The van der Waals surface area contributed by atoms with Crippen LogP contribution in [0, 0.1) is 0 Å². The largest absolute Gasteiger partial charge is 0.351 e. The van der Waals surface area contributed by atoms with Crippen molar-refractivity contribution in [3.05, 3.63) is 43.2 Å². The molecule has 3 rings (SSSR count). The van der Waals surface area contributed by atoms with E-state index >= 15 is 0 Å². The molecule has 22 heavy (non-hydrogen) atoms. The number of nitrogens with zero attached hydrogens (tertiary/aromatic N) is 3. The highest BCUT2D eigenvalue weighted by molar-refractivity contribution is 5.89. The number of fused-ring (bicyclic) bond motifs is 1. The van der Waals surface area contributed by atoms with Gasteiger partial charge in [0.25, 0.3) is 0 Å². The van der Waals surface area contributed by atoms with Gasteiger partial charge in [-0.2, -0.15) is 0 Å². The third-order valence-electron chi connectivity index (χ3n) is 4.12. The van der Waals surface area contributed by atoms with Crippen molar-refractivity contribution < 1.29 is 4.79 Å². The quantitative estimate of drug-likeness (QED) is 0.880. The summed E-state index contributed by atoms with van der Waals surface area (Å²) >= 11 is 0. The highest BCUT2D eigenvalue weighted by atomic mass is 16.1. The molecule has 1 aromatic carbocycles. The molecule has 5 nitrogen and oxygen atoms in total. The van der Waals surface area contributed by atoms with Gasteiger partial charge in [0.05, 0.1) is 5.52 Å². The van der Waals surface area contributed by atoms with Crippen LogP contribution in [0.5, 0.6) is 0 Å². The molecule has 1 atom stereocenters. The molecule has 1 saturated heterocycles. The fraction of sp³-hybridized carbons (Fsp3) is 0.353. The van der Waals surface area contributed by atoms with E-state index in [9.17, 15) is 4.79 Å². The standard InChI is InChI=1S/C17H20N4O/c1-2-16(22)18-11-13-7-5-6-10-21(13)17-14-8-3-4-9-15(14)19-12-20-17/h2-4,8-9,12-13H,1,5-7,10-11H2,(H,18,22). The lowest BCUT2D eigenvalue weighted by atomic mass is 10.0. The minimum absolute atomic E-state index is 0.127. The molecule has 1 N–H and O–H groups in total. The topological polar surface area (TPSA) is 58.1 Å². The van der Waals surface area contributed by atoms with Gasteiger partial charge in [-0.25, -0.2) is 9.97 Å². The maximum absolute atomic E-state index is 11.4. The second-order valence-electron chi connectivity index (χ2n) is 5.51. The Labute approximate surface area is 130 Å². The number of hydrogen-bond donors (Lipinski definition) is 1. The normalized spacial score (nSPS) is 18.2. The van der Waals surface area contributed by atoms with Crippen molar-refractivity contribution in [2.75, 3.05) is 18.0 Å². The van der Waals surface area contributed by atoms with Crippen molar-refractivity contribution in [3.8, 4) is 0 Å². The first-order chi connectivity index (χ1) is 10.8. The molecule has 0 radical (unpaired) electrons. The number of anilines is 1. The van der Waals surface area contributed by atoms with E-state index in [2.05, 4.69) is 32.8 Å². The van der Waals surface area contributed by atoms with E-state index in [1.54, 1.807) is 6.33 Å². The maximum Gasteiger partial charge on any atom is 0.243 e. The van der Waals surface area contributed by atoms with Gasteiger partial charge in [0.15, 0.2) is 0 Å². The molecule has 1 fully saturated rings. The summed E-state index contributed by atoms with van der Waals surface area (Å²) < 4.78 is 0. The van der Waals surface area contributed by atoms with Gasteiger partial charge in [0.2, 0.25) is 5.91 Å². The molecule has 5 heteroatoms. The van der Waals surface area contributed by atoms with Crippen molar-refractivity contribution in [1.82, 2.24) is 15.3 Å². The molecule has 0 saturated carbocycles. The van der Waals surface area contributed by atoms with E-state index < -0.39 is 0 Å². The smallest absolute Gasteiger partial charge is 0.243 e. The molecule has 0 spiro atoms. The number of piperidine rings is 1. The number of carbonyl (C=O) groups is 1. The molecule has 0 aliphatic carbocycles. The van der Waals surface area contributed by atoms with Gasteiger partial charge in [-0.05, 0) is 37.5 Å². The van der Waals surface area contributed by atoms with Crippen LogP contribution in [0.1, 0.15) is 19.3 Å². The number of aromatic nitrogens is 2. The Balaban J connectivity index is 1.89. The molecule has 114 valence electrons. The van der Waals surface area contributed by atoms with Gasteiger partial charge < -0.3 is 10.2 Å². The van der Waals surface area contributed by atoms with Crippen LogP contribution in [0.25, 0.3) is 10.9 Å². The summed E-state index contributed by atoms with van der Waals surface area (Å²) in [4.78, 5) is 22.6. The Morgan fingerprint density at radius 3 is 3.09 bits per heavy atom. The van der Waals surface area contributed by atoms with Gasteiger partial charge in [-0.3, -0.25) is 4.79 Å². The molecule has 1 unspecified atom stereocenters. The first kappa shape index (κ1) is 14.5. The van der Waals surface area contributed by atoms with Crippen molar-refractivity contribution in [1.29, 1.82) is 0 Å². The molecule has 1 aromatic heterocycles. The van der Waals surface area contributed by atoms with E-state index in [-0.39, 0.29) is 11.9 Å². The zero-order chi connectivity index (χ0) is 15.4. The van der Waals surface area contributed by atoms with E-state index in [4.69, 9.17) is 0 Å². The Hall–Kier alpha value is -2.43. The van der Waals surface area contributed by atoms with E-state index in [1.807, 2.05) is 18.2 Å². The van der Waals surface area contributed by atoms with E-state index in [0.717, 1.165) is 36.1 Å². The summed E-state index contributed by atoms with van der Waals surface area (Å²) in [7, 11) is 0. The van der Waals surface area contributed by atoms with Crippen molar-refractivity contribution >= 4 is 22.6 Å². The van der Waals surface area contributed by atoms with E-state index in [0.29, 0.717) is 6.54 Å². The lowest BCUT2D eigenvalue weighted by molar-refractivity contribution is -0.116. The van der Waals surface area contributed by atoms with Crippen LogP contribution in [0.3, 0.4) is 0 Å². The number of benzene rings is 1. The Morgan fingerprint density at radius 1 is 1.36 bits per heavy atom. The van der Waals surface area contributed by atoms with Crippen LogP contribution in [-0.4, -0.2) is 35.0 Å². The zero-order valence-corrected chi connectivity index (χ0v) is 12.5. The predicted octanol–water partition coefficient (Wildman–Crippen LogP) is 2.29. The monoisotopic (exact) mass is 296 g/mol. The molecule has 0 bridgehead atoms. The summed E-state index contributed by atoms with van der Waals surface area (Å²) in [5.41, 5.74) is 0.951. The average Bonchev–Trinajstić information content (AvgIpc) is 2.59. The number of carbonyl (C=O) groups excluding carboxylic acids is 1. The maximum atomic E-state index is 11.4. The lowest BCUT2D eigenvalue weighted by Gasteiger charge is -2.37. The summed E-state index contributed by atoms with van der Waals surface area (Å²) in [6, 6.07) is 8.30. The van der Waals surface area contributed by atoms with Crippen LogP contribution in [0.4, 0.5) is 5.82 Å². The Morgan fingerprint density at radius 2 is 2.23 bits per heavy atom. The van der Waals surface area contributed by atoms with E-state index in [1.165, 1.54) is 12.5 Å². The fourth-order valence-electron chi connectivity index (χ4n) is 3.00. The number of amides is 1. The highest BCUT2D eigenvalue weighted by Gasteiger charge is 2.25. The molecule has 2 aromatic rings. The van der Waals surface area contributed by atoms with Crippen LogP contribution in [0.15, 0.2) is 43.2 Å². The number of nitrogens with one attached hydrogen (secondary N) is 1. The predicted molar refractivity (Wildman–Crippen MR) is 87.7 cm³/mol. The third-order valence-corrected chi connectivity index (χ3v) is 4.12. The molecule has 1 amide bonds. The van der Waals surface area contributed by atoms with Gasteiger partial charge >= 0.3 is 0 Å². The summed E-state index contributed by atoms with van der Waals surface area (Å²) in [5, 5.41) is 3.97. The number of rotatable bonds is 4. The van der Waals surface area contributed by atoms with Crippen LogP contribution in [0.2, 0.25) is 0 Å². The minimum Gasteiger partial charge on any atom is -0.351 e. The summed E-state index contributed by atoms with van der Waals surface area (Å²) in [6.07, 6.45) is 6.30. The second-order valence-corrected chi connectivity index (χ2v) is 5.51. The van der Waals surface area contributed by atoms with Gasteiger partial charge in [-0.15, -0.1) is 0 Å². The molecule has 1 aliphatic rings. The van der Waals surface area contributed by atoms with Crippen molar-refractivity contribution in [2.24, 2.45) is 0 Å².